The Kier molecular flexibility index (Phi) is 9.20. The number of nitrogens with zero attached hydrogens (tertiary/aromatic N) is 2. The topological polar surface area (TPSA) is 36.9 Å². The first-order valence-electron chi connectivity index (χ1n) is 7.82. The second kappa shape index (κ2) is 10.6. The normalized spacial score (nSPS) is 12.3. The molecule has 0 amide bonds. The smallest absolute Gasteiger partial charge is 0.193 e. The summed E-state index contributed by atoms with van der Waals surface area (Å²) in [6.07, 6.45) is 0. The molecule has 7 heteroatoms. The SMILES string of the molecule is CN=C(NCC(C)c1cccs1)N(C)Cc1ccc(OC)c(F)c1.I. The fourth-order valence-electron chi connectivity index (χ4n) is 2.46. The molecule has 1 aromatic carbocycles. The number of nitrogens with one attached hydrogen (secondary N) is 1. The van der Waals surface area contributed by atoms with Gasteiger partial charge >= 0.3 is 0 Å². The number of thiophene rings is 1. The summed E-state index contributed by atoms with van der Waals surface area (Å²) in [5.74, 6) is 1.11. The van der Waals surface area contributed by atoms with Gasteiger partial charge in [-0.1, -0.05) is 19.1 Å². The summed E-state index contributed by atoms with van der Waals surface area (Å²) in [7, 11) is 5.15. The molecule has 0 bridgehead atoms. The molecule has 0 aliphatic heterocycles. The van der Waals surface area contributed by atoms with E-state index in [0.717, 1.165) is 18.1 Å². The Morgan fingerprint density at radius 1 is 1.40 bits per heavy atom. The van der Waals surface area contributed by atoms with E-state index in [4.69, 9.17) is 4.74 Å². The molecule has 0 saturated heterocycles. The highest BCUT2D eigenvalue weighted by Gasteiger charge is 2.12. The van der Waals surface area contributed by atoms with Crippen LogP contribution in [0.3, 0.4) is 0 Å². The van der Waals surface area contributed by atoms with Crippen LogP contribution in [-0.4, -0.2) is 38.6 Å². The zero-order valence-electron chi connectivity index (χ0n) is 15.0. The first kappa shape index (κ1) is 21.7. The molecule has 25 heavy (non-hydrogen) atoms. The van der Waals surface area contributed by atoms with Crippen molar-refractivity contribution in [2.75, 3.05) is 27.7 Å². The first-order valence-corrected chi connectivity index (χ1v) is 8.70. The standard InChI is InChI=1S/C18H24FN3OS.HI/c1-13(17-6-5-9-24-17)11-21-18(20-2)22(3)12-14-7-8-16(23-4)15(19)10-14;/h5-10,13H,11-12H2,1-4H3,(H,20,21);1H. The summed E-state index contributed by atoms with van der Waals surface area (Å²) >= 11 is 1.76. The van der Waals surface area contributed by atoms with Crippen molar-refractivity contribution in [3.63, 3.8) is 0 Å². The van der Waals surface area contributed by atoms with Crippen molar-refractivity contribution in [2.24, 2.45) is 4.99 Å². The molecule has 0 aliphatic carbocycles. The van der Waals surface area contributed by atoms with Crippen LogP contribution in [-0.2, 0) is 6.54 Å². The van der Waals surface area contributed by atoms with E-state index in [0.29, 0.717) is 12.5 Å². The number of aliphatic imine (C=N–C) groups is 1. The van der Waals surface area contributed by atoms with Gasteiger partial charge in [-0.15, -0.1) is 35.3 Å². The van der Waals surface area contributed by atoms with Crippen LogP contribution in [0.1, 0.15) is 23.3 Å². The Morgan fingerprint density at radius 2 is 2.16 bits per heavy atom. The number of halogens is 2. The molecule has 0 radical (unpaired) electrons. The number of methoxy groups -OCH3 is 1. The summed E-state index contributed by atoms with van der Waals surface area (Å²) in [5, 5.41) is 5.47. The van der Waals surface area contributed by atoms with Crippen molar-refractivity contribution >= 4 is 41.3 Å². The number of rotatable bonds is 6. The number of hydrogen-bond acceptors (Lipinski definition) is 3. The van der Waals surface area contributed by atoms with Gasteiger partial charge in [0.2, 0.25) is 0 Å². The second-order valence-electron chi connectivity index (χ2n) is 5.67. The zero-order chi connectivity index (χ0) is 17.5. The summed E-state index contributed by atoms with van der Waals surface area (Å²) in [5.41, 5.74) is 0.866. The molecule has 2 rings (SSSR count). The molecular formula is C18H25FIN3OS. The predicted octanol–water partition coefficient (Wildman–Crippen LogP) is 4.32. The Morgan fingerprint density at radius 3 is 2.72 bits per heavy atom. The Hall–Kier alpha value is -1.35. The second-order valence-corrected chi connectivity index (χ2v) is 6.65. The van der Waals surface area contributed by atoms with Gasteiger partial charge in [-0.2, -0.15) is 0 Å². The van der Waals surface area contributed by atoms with Crippen molar-refractivity contribution < 1.29 is 9.13 Å². The van der Waals surface area contributed by atoms with E-state index < -0.39 is 0 Å². The maximum atomic E-state index is 13.8. The minimum absolute atomic E-state index is 0. The first-order chi connectivity index (χ1) is 11.5. The number of hydrogen-bond donors (Lipinski definition) is 1. The minimum Gasteiger partial charge on any atom is -0.494 e. The molecule has 4 nitrogen and oxygen atoms in total. The maximum Gasteiger partial charge on any atom is 0.193 e. The average Bonchev–Trinajstić information content (AvgIpc) is 3.10. The van der Waals surface area contributed by atoms with Gasteiger partial charge in [-0.3, -0.25) is 4.99 Å². The van der Waals surface area contributed by atoms with Gasteiger partial charge in [0.05, 0.1) is 7.11 Å². The lowest BCUT2D eigenvalue weighted by Gasteiger charge is -2.23. The lowest BCUT2D eigenvalue weighted by molar-refractivity contribution is 0.385. The van der Waals surface area contributed by atoms with Gasteiger partial charge in [-0.05, 0) is 29.1 Å². The summed E-state index contributed by atoms with van der Waals surface area (Å²) < 4.78 is 18.8. The van der Waals surface area contributed by atoms with Crippen LogP contribution in [0, 0.1) is 5.82 Å². The van der Waals surface area contributed by atoms with Crippen LogP contribution in [0.15, 0.2) is 40.7 Å². The Balaban J connectivity index is 0.00000312. The zero-order valence-corrected chi connectivity index (χ0v) is 18.1. The van der Waals surface area contributed by atoms with Crippen LogP contribution in [0.4, 0.5) is 4.39 Å². The van der Waals surface area contributed by atoms with Gasteiger partial charge in [0.1, 0.15) is 0 Å². The molecular weight excluding hydrogens is 452 g/mol. The fourth-order valence-corrected chi connectivity index (χ4v) is 3.25. The van der Waals surface area contributed by atoms with Crippen LogP contribution < -0.4 is 10.1 Å². The largest absolute Gasteiger partial charge is 0.494 e. The summed E-state index contributed by atoms with van der Waals surface area (Å²) in [4.78, 5) is 7.63. The van der Waals surface area contributed by atoms with E-state index in [1.807, 2.05) is 18.0 Å². The quantitative estimate of drug-likeness (QED) is 0.383. The Bertz CT molecular complexity index is 679. The van der Waals surface area contributed by atoms with Crippen molar-refractivity contribution in [1.29, 1.82) is 0 Å². The van der Waals surface area contributed by atoms with E-state index in [1.165, 1.54) is 18.1 Å². The van der Waals surface area contributed by atoms with Crippen molar-refractivity contribution in [1.82, 2.24) is 10.2 Å². The molecule has 0 saturated carbocycles. The number of benzene rings is 1. The molecule has 0 fully saturated rings. The Labute approximate surface area is 170 Å². The van der Waals surface area contributed by atoms with E-state index in [9.17, 15) is 4.39 Å². The van der Waals surface area contributed by atoms with E-state index >= 15 is 0 Å². The molecule has 1 N–H and O–H groups in total. The molecule has 1 heterocycles. The predicted molar refractivity (Wildman–Crippen MR) is 114 cm³/mol. The minimum atomic E-state index is -0.349. The molecule has 0 aliphatic rings. The van der Waals surface area contributed by atoms with Gasteiger partial charge in [-0.25, -0.2) is 4.39 Å². The highest BCUT2D eigenvalue weighted by molar-refractivity contribution is 14.0. The number of ether oxygens (including phenoxy) is 1. The lowest BCUT2D eigenvalue weighted by Crippen LogP contribution is -2.40. The van der Waals surface area contributed by atoms with Crippen molar-refractivity contribution in [2.45, 2.75) is 19.4 Å². The summed E-state index contributed by atoms with van der Waals surface area (Å²) in [6.45, 7) is 3.55. The van der Waals surface area contributed by atoms with Crippen LogP contribution in [0.2, 0.25) is 0 Å². The molecule has 2 aromatic rings. The van der Waals surface area contributed by atoms with Gasteiger partial charge < -0.3 is 15.0 Å². The molecule has 1 aromatic heterocycles. The van der Waals surface area contributed by atoms with Crippen LogP contribution >= 0.6 is 35.3 Å². The molecule has 1 unspecified atom stereocenters. The highest BCUT2D eigenvalue weighted by atomic mass is 127. The van der Waals surface area contributed by atoms with Gasteiger partial charge in [0, 0.05) is 38.0 Å². The molecule has 0 spiro atoms. The maximum absolute atomic E-state index is 13.8. The van der Waals surface area contributed by atoms with Gasteiger partial charge in [0.25, 0.3) is 0 Å². The average molecular weight is 477 g/mol. The molecule has 138 valence electrons. The van der Waals surface area contributed by atoms with Gasteiger partial charge in [0.15, 0.2) is 17.5 Å². The lowest BCUT2D eigenvalue weighted by atomic mass is 10.1. The van der Waals surface area contributed by atoms with E-state index in [-0.39, 0.29) is 35.5 Å². The third-order valence-corrected chi connectivity index (χ3v) is 4.91. The van der Waals surface area contributed by atoms with E-state index in [1.54, 1.807) is 24.5 Å². The van der Waals surface area contributed by atoms with E-state index in [2.05, 4.69) is 34.7 Å². The van der Waals surface area contributed by atoms with Crippen LogP contribution in [0.25, 0.3) is 0 Å². The third-order valence-electron chi connectivity index (χ3n) is 3.80. The fraction of sp³-hybridized carbons (Fsp3) is 0.389. The third kappa shape index (κ3) is 6.14. The van der Waals surface area contributed by atoms with Crippen molar-refractivity contribution in [3.05, 3.63) is 52.0 Å². The summed E-state index contributed by atoms with van der Waals surface area (Å²) in [6, 6.07) is 9.21. The number of guanidine groups is 1. The highest BCUT2D eigenvalue weighted by Crippen LogP contribution is 2.20. The monoisotopic (exact) mass is 477 g/mol. The molecule has 1 atom stereocenters. The van der Waals surface area contributed by atoms with Crippen molar-refractivity contribution in [3.8, 4) is 5.75 Å². The van der Waals surface area contributed by atoms with Crippen LogP contribution in [0.5, 0.6) is 5.75 Å².